The number of rotatable bonds is 6. The molecule has 5 heteroatoms. The molecule has 0 spiro atoms. The van der Waals surface area contributed by atoms with Gasteiger partial charge < -0.3 is 14.2 Å². The standard InChI is InChI=1S/C15H16O4S/c1-17-11-5-6-14(18-2)13(10-11)15(16)19-8-7-12-4-3-9-20-12/h3-6,9-10H,7-8H2,1-2H3. The van der Waals surface area contributed by atoms with Gasteiger partial charge in [-0.05, 0) is 29.6 Å². The maximum Gasteiger partial charge on any atom is 0.342 e. The monoisotopic (exact) mass is 292 g/mol. The Kier molecular flexibility index (Phi) is 5.01. The minimum absolute atomic E-state index is 0.347. The molecule has 4 nitrogen and oxygen atoms in total. The summed E-state index contributed by atoms with van der Waals surface area (Å²) in [5.41, 5.74) is 0.373. The quantitative estimate of drug-likeness (QED) is 0.767. The van der Waals surface area contributed by atoms with Gasteiger partial charge in [0.2, 0.25) is 0 Å². The van der Waals surface area contributed by atoms with Gasteiger partial charge in [-0.2, -0.15) is 0 Å². The number of hydrogen-bond donors (Lipinski definition) is 0. The minimum Gasteiger partial charge on any atom is -0.497 e. The van der Waals surface area contributed by atoms with Crippen molar-refractivity contribution in [3.05, 3.63) is 46.2 Å². The molecule has 0 fully saturated rings. The number of benzene rings is 1. The van der Waals surface area contributed by atoms with Gasteiger partial charge in [0.25, 0.3) is 0 Å². The van der Waals surface area contributed by atoms with Crippen LogP contribution in [0.5, 0.6) is 11.5 Å². The number of carbonyl (C=O) groups is 1. The summed E-state index contributed by atoms with van der Waals surface area (Å²) in [5, 5.41) is 2.00. The highest BCUT2D eigenvalue weighted by atomic mass is 32.1. The van der Waals surface area contributed by atoms with Gasteiger partial charge in [0.1, 0.15) is 17.1 Å². The van der Waals surface area contributed by atoms with E-state index in [1.165, 1.54) is 12.0 Å². The number of carbonyl (C=O) groups excluding carboxylic acids is 1. The van der Waals surface area contributed by atoms with Crippen LogP contribution in [0.25, 0.3) is 0 Å². The van der Waals surface area contributed by atoms with Crippen molar-refractivity contribution in [2.75, 3.05) is 20.8 Å². The third-order valence-corrected chi connectivity index (χ3v) is 3.72. The number of thiophene rings is 1. The first-order valence-electron chi connectivity index (χ1n) is 6.16. The Labute approximate surface area is 121 Å². The molecule has 1 heterocycles. The van der Waals surface area contributed by atoms with Crippen molar-refractivity contribution < 1.29 is 19.0 Å². The van der Waals surface area contributed by atoms with Gasteiger partial charge in [0, 0.05) is 11.3 Å². The molecule has 0 N–H and O–H groups in total. The predicted octanol–water partition coefficient (Wildman–Crippen LogP) is 3.16. The van der Waals surface area contributed by atoms with Gasteiger partial charge >= 0.3 is 5.97 Å². The minimum atomic E-state index is -0.405. The molecule has 0 unspecified atom stereocenters. The normalized spacial score (nSPS) is 10.1. The Morgan fingerprint density at radius 2 is 2.05 bits per heavy atom. The Hall–Kier alpha value is -2.01. The van der Waals surface area contributed by atoms with Crippen molar-refractivity contribution >= 4 is 17.3 Å². The van der Waals surface area contributed by atoms with E-state index in [1.54, 1.807) is 36.6 Å². The number of esters is 1. The summed E-state index contributed by atoms with van der Waals surface area (Å²) in [5.74, 6) is 0.667. The molecule has 20 heavy (non-hydrogen) atoms. The molecule has 106 valence electrons. The Bertz CT molecular complexity index is 563. The van der Waals surface area contributed by atoms with Gasteiger partial charge in [-0.25, -0.2) is 4.79 Å². The zero-order chi connectivity index (χ0) is 14.4. The molecule has 0 bridgehead atoms. The van der Waals surface area contributed by atoms with Gasteiger partial charge in [-0.3, -0.25) is 0 Å². The van der Waals surface area contributed by atoms with Crippen LogP contribution in [-0.2, 0) is 11.2 Å². The van der Waals surface area contributed by atoms with E-state index in [-0.39, 0.29) is 0 Å². The van der Waals surface area contributed by atoms with Gasteiger partial charge in [0.15, 0.2) is 0 Å². The second kappa shape index (κ2) is 6.96. The molecule has 2 aromatic rings. The van der Waals surface area contributed by atoms with E-state index in [0.717, 1.165) is 6.42 Å². The lowest BCUT2D eigenvalue weighted by Crippen LogP contribution is -2.09. The van der Waals surface area contributed by atoms with Crippen molar-refractivity contribution in [1.82, 2.24) is 0 Å². The van der Waals surface area contributed by atoms with Crippen LogP contribution in [0.3, 0.4) is 0 Å². The Morgan fingerprint density at radius 3 is 2.70 bits per heavy atom. The van der Waals surface area contributed by atoms with Gasteiger partial charge in [-0.15, -0.1) is 11.3 Å². The second-order valence-corrected chi connectivity index (χ2v) is 5.06. The lowest BCUT2D eigenvalue weighted by molar-refractivity contribution is 0.0506. The van der Waals surface area contributed by atoms with E-state index < -0.39 is 5.97 Å². The second-order valence-electron chi connectivity index (χ2n) is 4.03. The molecule has 0 atom stereocenters. The predicted molar refractivity (Wildman–Crippen MR) is 77.9 cm³/mol. The molecule has 0 saturated heterocycles. The molecule has 0 saturated carbocycles. The first-order chi connectivity index (χ1) is 9.74. The highest BCUT2D eigenvalue weighted by Gasteiger charge is 2.15. The summed E-state index contributed by atoms with van der Waals surface area (Å²) in [4.78, 5) is 13.3. The Morgan fingerprint density at radius 1 is 1.20 bits per heavy atom. The van der Waals surface area contributed by atoms with Crippen molar-refractivity contribution in [2.24, 2.45) is 0 Å². The average Bonchev–Trinajstić information content (AvgIpc) is 2.99. The molecule has 1 aromatic carbocycles. The number of hydrogen-bond acceptors (Lipinski definition) is 5. The van der Waals surface area contributed by atoms with E-state index in [4.69, 9.17) is 14.2 Å². The SMILES string of the molecule is COc1ccc(OC)c(C(=O)OCCc2cccs2)c1. The summed E-state index contributed by atoms with van der Waals surface area (Å²) in [6, 6.07) is 9.04. The zero-order valence-electron chi connectivity index (χ0n) is 11.4. The highest BCUT2D eigenvalue weighted by Crippen LogP contribution is 2.24. The van der Waals surface area contributed by atoms with E-state index in [2.05, 4.69) is 0 Å². The fraction of sp³-hybridized carbons (Fsp3) is 0.267. The van der Waals surface area contributed by atoms with Crippen LogP contribution in [0.1, 0.15) is 15.2 Å². The van der Waals surface area contributed by atoms with E-state index >= 15 is 0 Å². The summed E-state index contributed by atoms with van der Waals surface area (Å²) >= 11 is 1.65. The fourth-order valence-electron chi connectivity index (χ4n) is 1.75. The molecule has 0 aliphatic carbocycles. The van der Waals surface area contributed by atoms with Crippen molar-refractivity contribution in [2.45, 2.75) is 6.42 Å². The van der Waals surface area contributed by atoms with Crippen molar-refractivity contribution in [1.29, 1.82) is 0 Å². The molecule has 0 aliphatic rings. The third kappa shape index (κ3) is 3.51. The number of ether oxygens (including phenoxy) is 3. The van der Waals surface area contributed by atoms with Crippen LogP contribution in [0.4, 0.5) is 0 Å². The summed E-state index contributed by atoms with van der Waals surface area (Å²) in [6.45, 7) is 0.347. The van der Waals surface area contributed by atoms with E-state index in [9.17, 15) is 4.79 Å². The van der Waals surface area contributed by atoms with Crippen LogP contribution in [0, 0.1) is 0 Å². The molecule has 1 aromatic heterocycles. The highest BCUT2D eigenvalue weighted by molar-refractivity contribution is 7.09. The molecular weight excluding hydrogens is 276 g/mol. The van der Waals surface area contributed by atoms with Crippen molar-refractivity contribution in [3.63, 3.8) is 0 Å². The molecule has 0 radical (unpaired) electrons. The van der Waals surface area contributed by atoms with Crippen LogP contribution < -0.4 is 9.47 Å². The van der Waals surface area contributed by atoms with Crippen LogP contribution in [0.2, 0.25) is 0 Å². The maximum absolute atomic E-state index is 12.1. The lowest BCUT2D eigenvalue weighted by Gasteiger charge is -2.10. The third-order valence-electron chi connectivity index (χ3n) is 2.79. The molecular formula is C15H16O4S. The molecule has 2 rings (SSSR count). The summed E-state index contributed by atoms with van der Waals surface area (Å²) in [7, 11) is 3.07. The van der Waals surface area contributed by atoms with Crippen LogP contribution in [0.15, 0.2) is 35.7 Å². The van der Waals surface area contributed by atoms with E-state index in [1.807, 2.05) is 17.5 Å². The Balaban J connectivity index is 2.00. The van der Waals surface area contributed by atoms with Crippen LogP contribution >= 0.6 is 11.3 Å². The first-order valence-corrected chi connectivity index (χ1v) is 7.04. The lowest BCUT2D eigenvalue weighted by atomic mass is 10.2. The topological polar surface area (TPSA) is 44.8 Å². The first kappa shape index (κ1) is 14.4. The van der Waals surface area contributed by atoms with E-state index in [0.29, 0.717) is 23.7 Å². The maximum atomic E-state index is 12.1. The number of methoxy groups -OCH3 is 2. The summed E-state index contributed by atoms with van der Waals surface area (Å²) in [6.07, 6.45) is 0.718. The zero-order valence-corrected chi connectivity index (χ0v) is 12.2. The van der Waals surface area contributed by atoms with Gasteiger partial charge in [-0.1, -0.05) is 6.07 Å². The van der Waals surface area contributed by atoms with Gasteiger partial charge in [0.05, 0.1) is 20.8 Å². The molecule has 0 amide bonds. The van der Waals surface area contributed by atoms with Crippen molar-refractivity contribution in [3.8, 4) is 11.5 Å². The molecule has 0 aliphatic heterocycles. The fourth-order valence-corrected chi connectivity index (χ4v) is 2.44. The average molecular weight is 292 g/mol. The summed E-state index contributed by atoms with van der Waals surface area (Å²) < 4.78 is 15.5. The van der Waals surface area contributed by atoms with Crippen LogP contribution in [-0.4, -0.2) is 26.8 Å². The largest absolute Gasteiger partial charge is 0.497 e. The smallest absolute Gasteiger partial charge is 0.342 e.